The Morgan fingerprint density at radius 2 is 1.17 bits per heavy atom. The van der Waals surface area contributed by atoms with Gasteiger partial charge in [-0.2, -0.15) is 48.6 Å². The van der Waals surface area contributed by atoms with Crippen LogP contribution in [0.4, 0.5) is 63.6 Å². The number of aliphatic imine (C=N–C) groups is 1. The maximum Gasteiger partial charge on any atom is 1.00 e. The van der Waals surface area contributed by atoms with Gasteiger partial charge in [-0.25, -0.2) is 38.7 Å². The van der Waals surface area contributed by atoms with E-state index in [1.165, 1.54) is 37.4 Å². The summed E-state index contributed by atoms with van der Waals surface area (Å²) in [6, 6.07) is 12.2. The van der Waals surface area contributed by atoms with Crippen molar-refractivity contribution in [1.82, 2.24) is 29.9 Å². The minimum absolute atomic E-state index is 0. The van der Waals surface area contributed by atoms with E-state index in [2.05, 4.69) is 76.6 Å². The fraction of sp³-hybridized carbons (Fsp3) is 0.114. The topological polar surface area (TPSA) is 529 Å². The van der Waals surface area contributed by atoms with E-state index in [0.717, 1.165) is 24.3 Å². The number of benzene rings is 6. The van der Waals surface area contributed by atoms with Gasteiger partial charge in [-0.05, 0) is 115 Å². The van der Waals surface area contributed by atoms with E-state index in [9.17, 15) is 70.0 Å². The van der Waals surface area contributed by atoms with Gasteiger partial charge >= 0.3 is 148 Å². The summed E-state index contributed by atoms with van der Waals surface area (Å²) in [7, 11) is -25.2. The number of nitrogens with one attached hydrogen (secondary N) is 4. The molecule has 0 saturated heterocycles. The first-order chi connectivity index (χ1) is 39.1. The Bertz CT molecular complexity index is 4750. The quantitative estimate of drug-likeness (QED) is 0.0136. The second-order valence-electron chi connectivity index (χ2n) is 17.1. The number of anilines is 6. The summed E-state index contributed by atoms with van der Waals surface area (Å²) in [5, 5.41) is 37.2. The number of aromatic nitrogens is 6. The van der Waals surface area contributed by atoms with Crippen molar-refractivity contribution in [3.8, 4) is 5.75 Å². The number of ether oxygens (including phenoxy) is 1. The number of methoxy groups -OCH3 is 1. The van der Waals surface area contributed by atoms with Gasteiger partial charge in [0.15, 0.2) is 0 Å². The Labute approximate surface area is 626 Å². The maximum atomic E-state index is 12.4. The fourth-order valence-electron chi connectivity index (χ4n) is 7.63. The second kappa shape index (κ2) is 32.1. The number of amidine groups is 1. The van der Waals surface area contributed by atoms with Gasteiger partial charge < -0.3 is 55.1 Å². The first-order valence-corrected chi connectivity index (χ1v) is 30.5. The molecule has 7 N–H and O–H groups in total. The van der Waals surface area contributed by atoms with Gasteiger partial charge in [0.2, 0.25) is 34.4 Å². The monoisotopic (exact) mass is 1400 g/mol. The van der Waals surface area contributed by atoms with Crippen molar-refractivity contribution >= 4 is 165 Å². The van der Waals surface area contributed by atoms with Crippen LogP contribution in [0.25, 0.3) is 21.5 Å². The molecule has 0 aliphatic carbocycles. The number of aryl methyl sites for hydroxylation is 1. The van der Waals surface area contributed by atoms with E-state index >= 15 is 0 Å². The van der Waals surface area contributed by atoms with Gasteiger partial charge in [0.25, 0.3) is 10.1 Å². The number of nitrogens with two attached hydrogens (primary N) is 1. The summed E-state index contributed by atoms with van der Waals surface area (Å²) in [4.78, 5) is 23.6. The van der Waals surface area contributed by atoms with E-state index in [-0.39, 0.29) is 240 Å². The van der Waals surface area contributed by atoms with E-state index < -0.39 is 104 Å². The normalized spacial score (nSPS) is 12.4. The maximum absolute atomic E-state index is 12.4. The Morgan fingerprint density at radius 3 is 1.76 bits per heavy atom. The van der Waals surface area contributed by atoms with Crippen LogP contribution in [0.5, 0.6) is 5.75 Å². The molecule has 0 amide bonds. The number of hydrogen-bond acceptors (Lipinski definition) is 31. The van der Waals surface area contributed by atoms with Crippen molar-refractivity contribution in [1.29, 1.82) is 0 Å². The fourth-order valence-corrected chi connectivity index (χ4v) is 11.3. The van der Waals surface area contributed by atoms with Crippen molar-refractivity contribution in [3.05, 3.63) is 101 Å². The molecule has 0 radical (unpaired) electrons. The molecule has 0 saturated carbocycles. The molecule has 0 aliphatic rings. The van der Waals surface area contributed by atoms with E-state index in [0.29, 0.717) is 29.4 Å². The van der Waals surface area contributed by atoms with Crippen LogP contribution < -0.4 is 185 Å². The molecule has 45 heteroatoms. The molecule has 8 rings (SSSR count). The van der Waals surface area contributed by atoms with Crippen LogP contribution in [0.15, 0.2) is 135 Å². The van der Waals surface area contributed by atoms with Crippen molar-refractivity contribution in [2.45, 2.75) is 44.4 Å². The molecule has 6 aromatic carbocycles. The molecule has 8 aromatic rings. The number of rotatable bonds is 20. The number of nitrogens with zero attached hydrogens (tertiary/aromatic N) is 11. The summed E-state index contributed by atoms with van der Waals surface area (Å²) in [5.74, 6) is -0.152. The van der Waals surface area contributed by atoms with Crippen LogP contribution in [0.1, 0.15) is 12.5 Å². The Balaban J connectivity index is 0.00000414. The van der Waals surface area contributed by atoms with Gasteiger partial charge in [-0.15, -0.1) is 10.2 Å². The first kappa shape index (κ1) is 79.7. The molecule has 440 valence electrons. The van der Waals surface area contributed by atoms with Crippen molar-refractivity contribution in [2.24, 2.45) is 31.2 Å². The summed E-state index contributed by atoms with van der Waals surface area (Å²) in [6.07, 6.45) is 0. The smallest absolute Gasteiger partial charge is 0.846 e. The van der Waals surface area contributed by atoms with Gasteiger partial charge in [-0.3, -0.25) is 4.55 Å². The van der Waals surface area contributed by atoms with Crippen molar-refractivity contribution in [3.63, 3.8) is 0 Å². The van der Waals surface area contributed by atoms with Gasteiger partial charge in [0.05, 0.1) is 55.5 Å². The molecular formula is C44H33Cl2N16Na5O17S5. The molecule has 0 fully saturated rings. The van der Waals surface area contributed by atoms with E-state index in [1.807, 2.05) is 0 Å². The number of fused-ring (bicyclic) bond motifs is 2. The van der Waals surface area contributed by atoms with E-state index in [1.54, 1.807) is 19.9 Å². The average Bonchev–Trinajstić information content (AvgIpc) is 0.891. The Morgan fingerprint density at radius 1 is 0.596 bits per heavy atom. The van der Waals surface area contributed by atoms with Crippen LogP contribution in [-0.2, 0) is 50.6 Å². The molecule has 2 aromatic heterocycles. The molecule has 1 unspecified atom stereocenters. The van der Waals surface area contributed by atoms with E-state index in [4.69, 9.17) is 33.7 Å². The second-order valence-corrected chi connectivity index (χ2v) is 24.6. The summed E-state index contributed by atoms with van der Waals surface area (Å²) in [5.41, 5.74) is 4.67. The van der Waals surface area contributed by atoms with Crippen LogP contribution >= 0.6 is 23.2 Å². The van der Waals surface area contributed by atoms with Gasteiger partial charge in [0, 0.05) is 40.5 Å². The molecule has 0 bridgehead atoms. The standard InChI is InChI=1S/C44H38Cl2N16O17S5.5Na/c1-19-9-31(33(79-3)17-29(19)61-59-23-12-27-25(35(14-23)82(70,71)72)5-4-6-34(27)81(67,68)69)52-44-56-38(45)53-41(57-44)48-18-20(2)49-42-54-39(46)55-43(58-42)50-22-7-8-28(30(13-22)51-40(47)63)60-62-32-16-26-21(11-37(32)84(76,77)78)10-24(80(64,65)66)15-36(26)83(73,74)75;;;;;/h4-17,20H,18H2,1-3H3,(H3,47,51,63)(H,64,65,66)(H,67,68,69)(H,70,71,72)(H,73,74,75)(H,76,77,78)(H2,48,52,53,56,57)(H2,49,50,54,55,58);;;;;/q;5*+1/p-5. The van der Waals surface area contributed by atoms with Crippen LogP contribution in [0, 0.1) is 6.92 Å². The Hall–Kier alpha value is -3.54. The molecule has 1 atom stereocenters. The molecule has 89 heavy (non-hydrogen) atoms. The van der Waals surface area contributed by atoms with Crippen molar-refractivity contribution in [2.75, 3.05) is 34.9 Å². The SMILES string of the molecule is COc1cc(N=Nc2cc(S(=O)(=O)[O-])c3cccc(S(=O)(=O)[O-])c3c2)c(C)cc1Nc1nc(Cl)nc(NCC(C)Nc2nc(Cl)nc(Nc3ccc(N=Nc4cc5c(S(=O)(=O)[O-])cc(S(=O)(=O)[O-])cc5cc4S(=O)(=O)O)c(N=C(N)[O-])c3)n2)n1.[Na+].[Na+].[Na+].[Na+].[Na+]. The third kappa shape index (κ3) is 20.7. The zero-order chi connectivity index (χ0) is 61.4. The number of azo groups is 2. The van der Waals surface area contributed by atoms with Crippen LogP contribution in [-0.4, -0.2) is 120 Å². The minimum Gasteiger partial charge on any atom is -0.846 e. The molecule has 2 heterocycles. The number of halogens is 2. The zero-order valence-corrected chi connectivity index (χ0v) is 62.7. The van der Waals surface area contributed by atoms with Crippen molar-refractivity contribution < 1.29 is 222 Å². The first-order valence-electron chi connectivity index (χ1n) is 22.7. The third-order valence-corrected chi connectivity index (χ3v) is 15.9. The summed E-state index contributed by atoms with van der Waals surface area (Å²) < 4.78 is 185. The third-order valence-electron chi connectivity index (χ3n) is 11.2. The Kier molecular flexibility index (Phi) is 28.7. The molecule has 0 spiro atoms. The van der Waals surface area contributed by atoms with Crippen LogP contribution in [0.3, 0.4) is 0 Å². The minimum atomic E-state index is -5.53. The average molecular weight is 1400 g/mol. The van der Waals surface area contributed by atoms with Crippen LogP contribution in [0.2, 0.25) is 10.6 Å². The molecular weight excluding hydrogens is 1370 g/mol. The van der Waals surface area contributed by atoms with Gasteiger partial charge in [-0.1, -0.05) is 12.1 Å². The zero-order valence-electron chi connectivity index (χ0n) is 47.1. The molecule has 0 aliphatic heterocycles. The summed E-state index contributed by atoms with van der Waals surface area (Å²) >= 11 is 12.5. The van der Waals surface area contributed by atoms with Gasteiger partial charge in [0.1, 0.15) is 62.5 Å². The summed E-state index contributed by atoms with van der Waals surface area (Å²) in [6.45, 7) is 3.40. The number of hydrogen-bond donors (Lipinski definition) is 6. The molecule has 33 nitrogen and oxygen atoms in total. The predicted molar refractivity (Wildman–Crippen MR) is 291 cm³/mol. The largest absolute Gasteiger partial charge is 1.00 e. The predicted octanol–water partition coefficient (Wildman–Crippen LogP) is -9.59.